The van der Waals surface area contributed by atoms with Gasteiger partial charge in [-0.15, -0.1) is 0 Å². The Bertz CT molecular complexity index is 1520. The average Bonchev–Trinajstić information content (AvgIpc) is 3.46. The summed E-state index contributed by atoms with van der Waals surface area (Å²) in [5, 5.41) is 0. The third kappa shape index (κ3) is 2.82. The third-order valence-electron chi connectivity index (χ3n) is 8.53. The molecule has 0 N–H and O–H groups in total. The molecule has 0 amide bonds. The summed E-state index contributed by atoms with van der Waals surface area (Å²) in [4.78, 5) is 0. The summed E-state index contributed by atoms with van der Waals surface area (Å²) in [6.07, 6.45) is 1.01. The van der Waals surface area contributed by atoms with Gasteiger partial charge in [0.25, 0.3) is 0 Å². The minimum Gasteiger partial charge on any atom is -0.0622 e. The first-order valence-corrected chi connectivity index (χ1v) is 12.9. The minimum absolute atomic E-state index is 0.0483. The third-order valence-corrected chi connectivity index (χ3v) is 8.53. The fourth-order valence-electron chi connectivity index (χ4n) is 7.32. The highest BCUT2D eigenvalue weighted by Gasteiger charge is 2.81. The van der Waals surface area contributed by atoms with Crippen molar-refractivity contribution < 1.29 is 0 Å². The molecule has 5 aromatic carbocycles. The number of hydrogen-bond donors (Lipinski definition) is 0. The Hall–Kier alpha value is -4.16. The molecule has 0 bridgehead atoms. The molecular formula is C36H28. The van der Waals surface area contributed by atoms with Gasteiger partial charge in [0.05, 0.1) is 0 Å². The van der Waals surface area contributed by atoms with Gasteiger partial charge < -0.3 is 0 Å². The highest BCUT2D eigenvalue weighted by atomic mass is 14.8. The summed E-state index contributed by atoms with van der Waals surface area (Å²) in [7, 11) is 0. The molecule has 0 heterocycles. The van der Waals surface area contributed by atoms with Gasteiger partial charge >= 0.3 is 0 Å². The van der Waals surface area contributed by atoms with Crippen LogP contribution in [0.1, 0.15) is 40.2 Å². The van der Waals surface area contributed by atoms with Gasteiger partial charge in [-0.1, -0.05) is 152 Å². The van der Waals surface area contributed by atoms with Gasteiger partial charge in [0.1, 0.15) is 0 Å². The van der Waals surface area contributed by atoms with Crippen LogP contribution in [-0.2, 0) is 10.8 Å². The summed E-state index contributed by atoms with van der Waals surface area (Å²) in [5.74, 6) is 0.360. The molecule has 3 unspecified atom stereocenters. The summed E-state index contributed by atoms with van der Waals surface area (Å²) >= 11 is 0. The molecule has 0 aromatic heterocycles. The van der Waals surface area contributed by atoms with E-state index in [9.17, 15) is 0 Å². The molecule has 7 rings (SSSR count). The standard InChI is InChI=1S/C36H28/c1-6-16-27(17-7-1)32-26-35(30-22-12-4-13-23-30)34(29-20-10-3-11-21-29)36(35,31-24-14-5-15-25-31)33(32)28-18-8-2-9-19-28/h1-25,34H,26H2. The van der Waals surface area contributed by atoms with E-state index in [0.29, 0.717) is 5.92 Å². The van der Waals surface area contributed by atoms with Gasteiger partial charge in [-0.05, 0) is 45.4 Å². The molecule has 0 aliphatic heterocycles. The average molecular weight is 461 g/mol. The fourth-order valence-corrected chi connectivity index (χ4v) is 7.32. The predicted molar refractivity (Wildman–Crippen MR) is 150 cm³/mol. The van der Waals surface area contributed by atoms with E-state index in [1.807, 2.05) is 0 Å². The Morgan fingerprint density at radius 1 is 0.444 bits per heavy atom. The first-order valence-electron chi connectivity index (χ1n) is 12.9. The molecule has 172 valence electrons. The van der Waals surface area contributed by atoms with Gasteiger partial charge in [0.2, 0.25) is 0 Å². The van der Waals surface area contributed by atoms with Gasteiger partial charge in [0, 0.05) is 16.7 Å². The van der Waals surface area contributed by atoms with Gasteiger partial charge in [-0.3, -0.25) is 0 Å². The normalized spacial score (nSPS) is 24.4. The molecule has 3 atom stereocenters. The van der Waals surface area contributed by atoms with Crippen LogP contribution < -0.4 is 0 Å². The highest BCUT2D eigenvalue weighted by molar-refractivity contribution is 6.06. The maximum absolute atomic E-state index is 2.36. The van der Waals surface area contributed by atoms with Crippen molar-refractivity contribution >= 4 is 11.1 Å². The van der Waals surface area contributed by atoms with Crippen LogP contribution in [0.3, 0.4) is 0 Å². The zero-order valence-electron chi connectivity index (χ0n) is 20.2. The van der Waals surface area contributed by atoms with Crippen LogP contribution in [0.5, 0.6) is 0 Å². The van der Waals surface area contributed by atoms with E-state index in [0.717, 1.165) is 6.42 Å². The van der Waals surface area contributed by atoms with E-state index < -0.39 is 0 Å². The Morgan fingerprint density at radius 3 is 1.44 bits per heavy atom. The molecule has 0 radical (unpaired) electrons. The summed E-state index contributed by atoms with van der Waals surface area (Å²) in [6.45, 7) is 0. The maximum Gasteiger partial charge on any atom is 0.0395 e. The lowest BCUT2D eigenvalue weighted by Crippen LogP contribution is -2.19. The molecule has 0 saturated heterocycles. The van der Waals surface area contributed by atoms with Crippen LogP contribution in [0, 0.1) is 0 Å². The summed E-state index contributed by atoms with van der Waals surface area (Å²) in [6, 6.07) is 55.9. The van der Waals surface area contributed by atoms with Crippen molar-refractivity contribution in [3.8, 4) is 0 Å². The second-order valence-electron chi connectivity index (χ2n) is 10.1. The van der Waals surface area contributed by atoms with Crippen molar-refractivity contribution in [3.63, 3.8) is 0 Å². The number of fused-ring (bicyclic) bond motifs is 1. The van der Waals surface area contributed by atoms with E-state index in [2.05, 4.69) is 152 Å². The van der Waals surface area contributed by atoms with Crippen LogP contribution in [0.25, 0.3) is 11.1 Å². The Morgan fingerprint density at radius 2 is 0.889 bits per heavy atom. The number of rotatable bonds is 5. The molecule has 1 saturated carbocycles. The van der Waals surface area contributed by atoms with Crippen LogP contribution in [-0.4, -0.2) is 0 Å². The molecule has 5 aromatic rings. The molecule has 0 spiro atoms. The van der Waals surface area contributed by atoms with Crippen LogP contribution in [0.2, 0.25) is 0 Å². The molecule has 36 heavy (non-hydrogen) atoms. The first kappa shape index (κ1) is 21.1. The smallest absolute Gasteiger partial charge is 0.0395 e. The lowest BCUT2D eigenvalue weighted by molar-refractivity contribution is 0.653. The molecule has 2 aliphatic carbocycles. The topological polar surface area (TPSA) is 0 Å². The van der Waals surface area contributed by atoms with E-state index in [1.54, 1.807) is 0 Å². The lowest BCUT2D eigenvalue weighted by atomic mass is 9.78. The highest BCUT2D eigenvalue weighted by Crippen LogP contribution is 2.85. The largest absolute Gasteiger partial charge is 0.0622 e. The van der Waals surface area contributed by atoms with Gasteiger partial charge in [-0.25, -0.2) is 0 Å². The monoisotopic (exact) mass is 460 g/mol. The van der Waals surface area contributed by atoms with Gasteiger partial charge in [0.15, 0.2) is 0 Å². The SMILES string of the molecule is c1ccc(C2=C(c3ccccc3)C3(c4ccccc4)C(c4ccccc4)C3(c3ccccc3)C2)cc1. The van der Waals surface area contributed by atoms with Crippen molar-refractivity contribution in [2.45, 2.75) is 23.2 Å². The van der Waals surface area contributed by atoms with Gasteiger partial charge in [-0.2, -0.15) is 0 Å². The van der Waals surface area contributed by atoms with Crippen molar-refractivity contribution in [1.29, 1.82) is 0 Å². The van der Waals surface area contributed by atoms with E-state index in [1.165, 1.54) is 39.0 Å². The van der Waals surface area contributed by atoms with Crippen molar-refractivity contribution in [2.24, 2.45) is 0 Å². The Kier molecular flexibility index (Phi) is 4.82. The number of allylic oxidation sites excluding steroid dienone is 2. The van der Waals surface area contributed by atoms with E-state index in [-0.39, 0.29) is 10.8 Å². The lowest BCUT2D eigenvalue weighted by Gasteiger charge is -2.25. The van der Waals surface area contributed by atoms with Crippen LogP contribution in [0.4, 0.5) is 0 Å². The molecule has 0 nitrogen and oxygen atoms in total. The second kappa shape index (κ2) is 8.21. The van der Waals surface area contributed by atoms with Crippen molar-refractivity contribution in [3.05, 3.63) is 179 Å². The molecule has 1 fully saturated rings. The predicted octanol–water partition coefficient (Wildman–Crippen LogP) is 8.67. The summed E-state index contributed by atoms with van der Waals surface area (Å²) in [5.41, 5.74) is 9.69. The Labute approximate surface area is 213 Å². The second-order valence-corrected chi connectivity index (χ2v) is 10.1. The van der Waals surface area contributed by atoms with E-state index in [4.69, 9.17) is 0 Å². The molecule has 2 aliphatic rings. The van der Waals surface area contributed by atoms with Crippen LogP contribution >= 0.6 is 0 Å². The Balaban J connectivity index is 1.61. The molecular weight excluding hydrogens is 432 g/mol. The number of hydrogen-bond acceptors (Lipinski definition) is 0. The molecule has 0 heteroatoms. The number of benzene rings is 5. The van der Waals surface area contributed by atoms with Crippen molar-refractivity contribution in [1.82, 2.24) is 0 Å². The zero-order valence-corrected chi connectivity index (χ0v) is 20.2. The quantitative estimate of drug-likeness (QED) is 0.246. The van der Waals surface area contributed by atoms with E-state index >= 15 is 0 Å². The fraction of sp³-hybridized carbons (Fsp3) is 0.111. The summed E-state index contributed by atoms with van der Waals surface area (Å²) < 4.78 is 0. The van der Waals surface area contributed by atoms with Crippen LogP contribution in [0.15, 0.2) is 152 Å². The van der Waals surface area contributed by atoms with Crippen molar-refractivity contribution in [2.75, 3.05) is 0 Å². The first-order chi connectivity index (χ1) is 17.9. The zero-order chi connectivity index (χ0) is 24.0. The maximum atomic E-state index is 2.36. The minimum atomic E-state index is -0.149.